The van der Waals surface area contributed by atoms with Crippen LogP contribution < -0.4 is 14.2 Å². The number of rotatable bonds is 1. The Kier molecular flexibility index (Phi) is 2.86. The molecule has 0 spiro atoms. The molecule has 0 fully saturated rings. The van der Waals surface area contributed by atoms with Gasteiger partial charge in [0.1, 0.15) is 15.6 Å². The van der Waals surface area contributed by atoms with Crippen molar-refractivity contribution in [3.63, 3.8) is 0 Å². The lowest BCUT2D eigenvalue weighted by Gasteiger charge is -2.08. The molecule has 0 aromatic heterocycles. The third-order valence-corrected chi connectivity index (χ3v) is 2.74. The van der Waals surface area contributed by atoms with Crippen molar-refractivity contribution >= 4 is 23.2 Å². The van der Waals surface area contributed by atoms with E-state index in [4.69, 9.17) is 37.4 Å². The van der Waals surface area contributed by atoms with Crippen LogP contribution >= 0.6 is 23.2 Å². The lowest BCUT2D eigenvalue weighted by atomic mass is 10.2. The van der Waals surface area contributed by atoms with Gasteiger partial charge in [0.25, 0.3) is 0 Å². The Morgan fingerprint density at radius 1 is 1.31 bits per heavy atom. The van der Waals surface area contributed by atoms with Crippen molar-refractivity contribution in [1.29, 1.82) is 0 Å². The molecular formula is C9H5Cl2NO4. The second kappa shape index (κ2) is 4.16. The predicted molar refractivity (Wildman–Crippen MR) is 58.9 cm³/mol. The molecule has 0 amide bonds. The van der Waals surface area contributed by atoms with Gasteiger partial charge in [-0.15, -0.1) is 0 Å². The van der Waals surface area contributed by atoms with Gasteiger partial charge < -0.3 is 19.4 Å². The second-order valence-corrected chi connectivity index (χ2v) is 3.56. The molecule has 1 aliphatic rings. The van der Waals surface area contributed by atoms with Crippen LogP contribution in [0.3, 0.4) is 0 Å². The number of nitrogens with zero attached hydrogens (tertiary/aromatic N) is 1. The first-order chi connectivity index (χ1) is 7.70. The number of hydrogen-bond donors (Lipinski definition) is 0. The molecule has 1 aliphatic heterocycles. The first kappa shape index (κ1) is 11.0. The first-order valence-electron chi connectivity index (χ1n) is 4.13. The highest BCUT2D eigenvalue weighted by molar-refractivity contribution is 6.39. The van der Waals surface area contributed by atoms with E-state index < -0.39 is 0 Å². The van der Waals surface area contributed by atoms with Gasteiger partial charge >= 0.3 is 6.07 Å². The van der Waals surface area contributed by atoms with Gasteiger partial charge in [0.15, 0.2) is 11.5 Å². The number of methoxy groups -OCH3 is 1. The average molecular weight is 262 g/mol. The van der Waals surface area contributed by atoms with E-state index in [0.717, 1.165) is 0 Å². The van der Waals surface area contributed by atoms with Crippen LogP contribution in [0.5, 0.6) is 17.2 Å². The Balaban J connectivity index is 2.76. The fourth-order valence-electron chi connectivity index (χ4n) is 1.36. The van der Waals surface area contributed by atoms with Gasteiger partial charge in [-0.25, -0.2) is 0 Å². The van der Waals surface area contributed by atoms with Crippen molar-refractivity contribution in [2.75, 3.05) is 13.9 Å². The minimum Gasteiger partial charge on any atom is -0.498 e. The minimum atomic E-state index is 0.0136. The van der Waals surface area contributed by atoms with E-state index >= 15 is 0 Å². The van der Waals surface area contributed by atoms with Crippen molar-refractivity contribution in [2.24, 2.45) is 0 Å². The van der Waals surface area contributed by atoms with Crippen molar-refractivity contribution in [3.8, 4) is 23.3 Å². The zero-order valence-electron chi connectivity index (χ0n) is 8.04. The van der Waals surface area contributed by atoms with E-state index in [1.807, 2.05) is 0 Å². The van der Waals surface area contributed by atoms with Crippen LogP contribution in [-0.2, 0) is 0 Å². The molecule has 0 unspecified atom stereocenters. The van der Waals surface area contributed by atoms with Crippen LogP contribution in [0.2, 0.25) is 10.0 Å². The monoisotopic (exact) mass is 261 g/mol. The van der Waals surface area contributed by atoms with Gasteiger partial charge in [-0.3, -0.25) is 0 Å². The van der Waals surface area contributed by atoms with Crippen molar-refractivity contribution in [3.05, 3.63) is 25.8 Å². The molecule has 16 heavy (non-hydrogen) atoms. The molecule has 2 rings (SSSR count). The van der Waals surface area contributed by atoms with Gasteiger partial charge in [0, 0.05) is 5.01 Å². The molecule has 0 saturated heterocycles. The Labute approximate surface area is 101 Å². The van der Waals surface area contributed by atoms with E-state index in [0.29, 0.717) is 5.75 Å². The van der Waals surface area contributed by atoms with Crippen LogP contribution in [-0.4, -0.2) is 13.9 Å². The number of halogens is 2. The lowest BCUT2D eigenvalue weighted by Crippen LogP contribution is -1.94. The summed E-state index contributed by atoms with van der Waals surface area (Å²) >= 11 is 11.9. The molecule has 84 valence electrons. The van der Waals surface area contributed by atoms with Gasteiger partial charge in [-0.1, -0.05) is 23.2 Å². The highest BCUT2D eigenvalue weighted by Crippen LogP contribution is 2.51. The summed E-state index contributed by atoms with van der Waals surface area (Å²) in [4.78, 5) is 0. The Hall–Kier alpha value is -1.51. The zero-order valence-corrected chi connectivity index (χ0v) is 9.56. The molecule has 1 aromatic carbocycles. The maximum Gasteiger partial charge on any atom is 0.340 e. The summed E-state index contributed by atoms with van der Waals surface area (Å²) in [5, 5.41) is 12.9. The summed E-state index contributed by atoms with van der Waals surface area (Å²) in [6.45, 7) is 0.0136. The fraction of sp³-hybridized carbons (Fsp3) is 0.222. The molecule has 7 heteroatoms. The summed E-state index contributed by atoms with van der Waals surface area (Å²) in [5.74, 6) is 0.827. The average Bonchev–Trinajstić information content (AvgIpc) is 2.74. The van der Waals surface area contributed by atoms with Crippen LogP contribution in [0.1, 0.15) is 5.56 Å². The summed E-state index contributed by atoms with van der Waals surface area (Å²) in [6.07, 6.45) is 0. The number of benzene rings is 1. The second-order valence-electron chi connectivity index (χ2n) is 2.80. The van der Waals surface area contributed by atoms with Crippen LogP contribution in [0.25, 0.3) is 5.01 Å². The molecule has 0 atom stereocenters. The molecule has 1 heterocycles. The van der Waals surface area contributed by atoms with Crippen LogP contribution in [0, 0.1) is 11.3 Å². The Morgan fingerprint density at radius 3 is 2.62 bits per heavy atom. The van der Waals surface area contributed by atoms with Crippen LogP contribution in [0.15, 0.2) is 0 Å². The highest BCUT2D eigenvalue weighted by Gasteiger charge is 2.30. The van der Waals surface area contributed by atoms with E-state index in [1.165, 1.54) is 7.11 Å². The maximum atomic E-state index is 10.2. The smallest absolute Gasteiger partial charge is 0.340 e. The number of fused-ring (bicyclic) bond motifs is 1. The van der Waals surface area contributed by atoms with Gasteiger partial charge in [-0.05, 0) is 0 Å². The molecule has 5 nitrogen and oxygen atoms in total. The fourth-order valence-corrected chi connectivity index (χ4v) is 1.98. The number of ether oxygens (including phenoxy) is 3. The third kappa shape index (κ3) is 1.47. The topological polar surface area (TPSA) is 55.1 Å². The van der Waals surface area contributed by atoms with Crippen LogP contribution in [0.4, 0.5) is 0 Å². The minimum absolute atomic E-state index is 0.0136. The predicted octanol–water partition coefficient (Wildman–Crippen LogP) is 2.91. The highest BCUT2D eigenvalue weighted by atomic mass is 35.5. The van der Waals surface area contributed by atoms with Crippen molar-refractivity contribution in [2.45, 2.75) is 0 Å². The van der Waals surface area contributed by atoms with E-state index in [1.54, 1.807) is 0 Å². The zero-order chi connectivity index (χ0) is 11.7. The molecule has 0 N–H and O–H groups in total. The van der Waals surface area contributed by atoms with E-state index in [9.17, 15) is 5.21 Å². The van der Waals surface area contributed by atoms with Gasteiger partial charge in [0.2, 0.25) is 12.5 Å². The van der Waals surface area contributed by atoms with Gasteiger partial charge in [0.05, 0.1) is 7.11 Å². The summed E-state index contributed by atoms with van der Waals surface area (Å²) in [5.41, 5.74) is 0.124. The third-order valence-electron chi connectivity index (χ3n) is 2.02. The SMILES string of the molecule is COc1c(Cl)c(C#[N+][O-])c(Cl)c2c1OCO2. The first-order valence-corrected chi connectivity index (χ1v) is 4.89. The molecule has 0 radical (unpaired) electrons. The Bertz CT molecular complexity index is 507. The Morgan fingerprint density at radius 2 is 2.00 bits per heavy atom. The largest absolute Gasteiger partial charge is 0.498 e. The molecule has 0 bridgehead atoms. The molecule has 1 aromatic rings. The number of hydrogen-bond acceptors (Lipinski definition) is 4. The quantitative estimate of drug-likeness (QED) is 0.730. The summed E-state index contributed by atoms with van der Waals surface area (Å²) in [6, 6.07) is 2.14. The lowest BCUT2D eigenvalue weighted by molar-refractivity contribution is 0.171. The molecular weight excluding hydrogens is 257 g/mol. The summed E-state index contributed by atoms with van der Waals surface area (Å²) < 4.78 is 15.4. The van der Waals surface area contributed by atoms with Gasteiger partial charge in [-0.2, -0.15) is 0 Å². The normalized spacial score (nSPS) is 11.9. The maximum absolute atomic E-state index is 10.2. The molecule has 0 aliphatic carbocycles. The molecule has 0 saturated carbocycles. The standard InChI is InChI=1S/C9H5Cl2NO4/c1-14-7-5(10)4(2-12-13)6(11)8-9(7)16-3-15-8/h3H2,1H3. The van der Waals surface area contributed by atoms with E-state index in [2.05, 4.69) is 11.1 Å². The van der Waals surface area contributed by atoms with Crippen molar-refractivity contribution < 1.29 is 14.2 Å². The summed E-state index contributed by atoms with van der Waals surface area (Å²) in [7, 11) is 1.41. The van der Waals surface area contributed by atoms with E-state index in [-0.39, 0.29) is 33.9 Å². The van der Waals surface area contributed by atoms with Crippen molar-refractivity contribution in [1.82, 2.24) is 0 Å².